The van der Waals surface area contributed by atoms with Gasteiger partial charge in [0.15, 0.2) is 11.6 Å². The molecule has 0 radical (unpaired) electrons. The summed E-state index contributed by atoms with van der Waals surface area (Å²) < 4.78 is 31.8. The van der Waals surface area contributed by atoms with Gasteiger partial charge in [-0.25, -0.2) is 8.78 Å². The summed E-state index contributed by atoms with van der Waals surface area (Å²) in [7, 11) is 0. The molecule has 1 atom stereocenters. The maximum Gasteiger partial charge on any atom is 0.251 e. The molecule has 0 aliphatic carbocycles. The Kier molecular flexibility index (Phi) is 6.23. The van der Waals surface area contributed by atoms with E-state index in [9.17, 15) is 18.4 Å². The largest absolute Gasteiger partial charge is 0.488 e. The zero-order valence-electron chi connectivity index (χ0n) is 15.6. The molecule has 1 N–H and O–H groups in total. The number of hydrogen-bond acceptors (Lipinski definition) is 3. The second-order valence-electron chi connectivity index (χ2n) is 6.81. The van der Waals surface area contributed by atoms with Gasteiger partial charge in [-0.1, -0.05) is 0 Å². The maximum absolute atomic E-state index is 13.6. The first-order valence-corrected chi connectivity index (χ1v) is 9.23. The van der Waals surface area contributed by atoms with Gasteiger partial charge >= 0.3 is 0 Å². The van der Waals surface area contributed by atoms with Gasteiger partial charge in [0.25, 0.3) is 5.91 Å². The van der Waals surface area contributed by atoms with Crippen LogP contribution in [0.15, 0.2) is 42.5 Å². The molecule has 7 heteroatoms. The Labute approximate surface area is 162 Å². The van der Waals surface area contributed by atoms with Crippen molar-refractivity contribution in [3.63, 3.8) is 0 Å². The number of rotatable bonds is 6. The van der Waals surface area contributed by atoms with Crippen LogP contribution in [0.2, 0.25) is 0 Å². The fraction of sp³-hybridized carbons (Fsp3) is 0.333. The van der Waals surface area contributed by atoms with Crippen LogP contribution in [-0.4, -0.2) is 31.0 Å². The van der Waals surface area contributed by atoms with Gasteiger partial charge in [-0.05, 0) is 56.2 Å². The first-order valence-electron chi connectivity index (χ1n) is 9.23. The van der Waals surface area contributed by atoms with Crippen molar-refractivity contribution < 1.29 is 23.1 Å². The van der Waals surface area contributed by atoms with Crippen molar-refractivity contribution in [1.29, 1.82) is 0 Å². The lowest BCUT2D eigenvalue weighted by atomic mass is 10.1. The van der Waals surface area contributed by atoms with Gasteiger partial charge in [-0.15, -0.1) is 0 Å². The number of ether oxygens (including phenoxy) is 1. The SMILES string of the molecule is CC(COc1ccc(F)cc1F)NC(=O)c1ccc(N2CCCCC2=O)cc1. The summed E-state index contributed by atoms with van der Waals surface area (Å²) in [5, 5.41) is 2.76. The molecule has 2 amide bonds. The molecule has 3 rings (SSSR count). The van der Waals surface area contributed by atoms with Crippen molar-refractivity contribution in [2.75, 3.05) is 18.1 Å². The molecule has 0 aromatic heterocycles. The zero-order valence-corrected chi connectivity index (χ0v) is 15.6. The third-order valence-corrected chi connectivity index (χ3v) is 4.52. The molecule has 1 saturated heterocycles. The molecule has 2 aromatic carbocycles. The molecule has 0 bridgehead atoms. The van der Waals surface area contributed by atoms with Gasteiger partial charge in [-0.3, -0.25) is 9.59 Å². The van der Waals surface area contributed by atoms with Crippen molar-refractivity contribution >= 4 is 17.5 Å². The van der Waals surface area contributed by atoms with Crippen LogP contribution in [0.25, 0.3) is 0 Å². The number of hydrogen-bond donors (Lipinski definition) is 1. The molecule has 1 aliphatic heterocycles. The molecule has 1 aliphatic rings. The third kappa shape index (κ3) is 4.85. The minimum atomic E-state index is -0.790. The Morgan fingerprint density at radius 1 is 1.18 bits per heavy atom. The van der Waals surface area contributed by atoms with E-state index < -0.39 is 11.6 Å². The lowest BCUT2D eigenvalue weighted by Crippen LogP contribution is -2.37. The first kappa shape index (κ1) is 19.8. The van der Waals surface area contributed by atoms with Crippen LogP contribution in [-0.2, 0) is 4.79 Å². The molecular weight excluding hydrogens is 366 g/mol. The lowest BCUT2D eigenvalue weighted by molar-refractivity contribution is -0.119. The van der Waals surface area contributed by atoms with E-state index in [1.165, 1.54) is 6.07 Å². The molecule has 1 fully saturated rings. The number of amides is 2. The number of nitrogens with one attached hydrogen (secondary N) is 1. The molecule has 0 saturated carbocycles. The fourth-order valence-corrected chi connectivity index (χ4v) is 3.03. The summed E-state index contributed by atoms with van der Waals surface area (Å²) in [5.74, 6) is -1.74. The average Bonchev–Trinajstić information content (AvgIpc) is 2.68. The Morgan fingerprint density at radius 2 is 1.93 bits per heavy atom. The number of nitrogens with zero attached hydrogens (tertiary/aromatic N) is 1. The quantitative estimate of drug-likeness (QED) is 0.821. The summed E-state index contributed by atoms with van der Waals surface area (Å²) in [6.07, 6.45) is 2.44. The van der Waals surface area contributed by atoms with Crippen LogP contribution in [0.5, 0.6) is 5.75 Å². The van der Waals surface area contributed by atoms with E-state index in [0.717, 1.165) is 30.7 Å². The number of anilines is 1. The monoisotopic (exact) mass is 388 g/mol. The molecule has 2 aromatic rings. The van der Waals surface area contributed by atoms with Gasteiger partial charge in [0.2, 0.25) is 5.91 Å². The highest BCUT2D eigenvalue weighted by Gasteiger charge is 2.20. The number of carbonyl (C=O) groups is 2. The van der Waals surface area contributed by atoms with Crippen molar-refractivity contribution in [3.8, 4) is 5.75 Å². The standard InChI is InChI=1S/C21H22F2N2O3/c1-14(13-28-19-10-7-16(22)12-18(19)23)24-21(27)15-5-8-17(9-6-15)25-11-3-2-4-20(25)26/h5-10,12,14H,2-4,11,13H2,1H3,(H,24,27). The summed E-state index contributed by atoms with van der Waals surface area (Å²) in [4.78, 5) is 26.1. The highest BCUT2D eigenvalue weighted by molar-refractivity contribution is 5.97. The van der Waals surface area contributed by atoms with E-state index in [0.29, 0.717) is 18.5 Å². The minimum absolute atomic E-state index is 0.0364. The Hall–Kier alpha value is -2.96. The molecule has 5 nitrogen and oxygen atoms in total. The molecule has 1 unspecified atom stereocenters. The molecule has 28 heavy (non-hydrogen) atoms. The zero-order chi connectivity index (χ0) is 20.1. The van der Waals surface area contributed by atoms with Crippen molar-refractivity contribution in [1.82, 2.24) is 5.32 Å². The fourth-order valence-electron chi connectivity index (χ4n) is 3.03. The summed E-state index contributed by atoms with van der Waals surface area (Å²) in [5.41, 5.74) is 1.23. The van der Waals surface area contributed by atoms with E-state index >= 15 is 0 Å². The number of halogens is 2. The number of piperidine rings is 1. The topological polar surface area (TPSA) is 58.6 Å². The Morgan fingerprint density at radius 3 is 2.61 bits per heavy atom. The van der Waals surface area contributed by atoms with Crippen LogP contribution >= 0.6 is 0 Å². The molecule has 148 valence electrons. The summed E-state index contributed by atoms with van der Waals surface area (Å²) >= 11 is 0. The second-order valence-corrected chi connectivity index (χ2v) is 6.81. The number of benzene rings is 2. The van der Waals surface area contributed by atoms with Gasteiger partial charge in [0, 0.05) is 30.3 Å². The van der Waals surface area contributed by atoms with Crippen LogP contribution in [0.4, 0.5) is 14.5 Å². The van der Waals surface area contributed by atoms with E-state index in [1.54, 1.807) is 36.1 Å². The van der Waals surface area contributed by atoms with E-state index in [-0.39, 0.29) is 30.2 Å². The van der Waals surface area contributed by atoms with Crippen LogP contribution in [0.3, 0.4) is 0 Å². The highest BCUT2D eigenvalue weighted by Crippen LogP contribution is 2.21. The van der Waals surface area contributed by atoms with Gasteiger partial charge in [0.1, 0.15) is 12.4 Å². The van der Waals surface area contributed by atoms with Crippen LogP contribution in [0.1, 0.15) is 36.5 Å². The van der Waals surface area contributed by atoms with E-state index in [2.05, 4.69) is 5.32 Å². The molecule has 0 spiro atoms. The molecule has 1 heterocycles. The van der Waals surface area contributed by atoms with Gasteiger partial charge < -0.3 is 15.0 Å². The Balaban J connectivity index is 1.54. The van der Waals surface area contributed by atoms with Gasteiger partial charge in [-0.2, -0.15) is 0 Å². The highest BCUT2D eigenvalue weighted by atomic mass is 19.1. The average molecular weight is 388 g/mol. The van der Waals surface area contributed by atoms with Crippen LogP contribution in [0, 0.1) is 11.6 Å². The predicted molar refractivity (Wildman–Crippen MR) is 101 cm³/mol. The number of carbonyl (C=O) groups excluding carboxylic acids is 2. The lowest BCUT2D eigenvalue weighted by Gasteiger charge is -2.26. The first-order chi connectivity index (χ1) is 13.4. The van der Waals surface area contributed by atoms with E-state index in [4.69, 9.17) is 4.74 Å². The Bertz CT molecular complexity index is 855. The smallest absolute Gasteiger partial charge is 0.251 e. The molecular formula is C21H22F2N2O3. The summed E-state index contributed by atoms with van der Waals surface area (Å²) in [6, 6.07) is 9.52. The minimum Gasteiger partial charge on any atom is -0.488 e. The third-order valence-electron chi connectivity index (χ3n) is 4.52. The van der Waals surface area contributed by atoms with Crippen molar-refractivity contribution in [3.05, 3.63) is 59.7 Å². The van der Waals surface area contributed by atoms with Crippen LogP contribution < -0.4 is 15.0 Å². The van der Waals surface area contributed by atoms with Crippen molar-refractivity contribution in [2.24, 2.45) is 0 Å². The summed E-state index contributed by atoms with van der Waals surface area (Å²) in [6.45, 7) is 2.45. The van der Waals surface area contributed by atoms with E-state index in [1.807, 2.05) is 0 Å². The maximum atomic E-state index is 13.6. The predicted octanol–water partition coefficient (Wildman–Crippen LogP) is 3.68. The van der Waals surface area contributed by atoms with Crippen molar-refractivity contribution in [2.45, 2.75) is 32.2 Å². The normalized spacial score (nSPS) is 15.2. The van der Waals surface area contributed by atoms with Gasteiger partial charge in [0.05, 0.1) is 6.04 Å². The second kappa shape index (κ2) is 8.82.